The molecule has 0 radical (unpaired) electrons. The van der Waals surface area contributed by atoms with E-state index in [0.29, 0.717) is 11.6 Å². The third kappa shape index (κ3) is 2.22. The van der Waals surface area contributed by atoms with E-state index in [1.165, 1.54) is 18.4 Å². The highest BCUT2D eigenvalue weighted by Crippen LogP contribution is 2.28. The van der Waals surface area contributed by atoms with Crippen molar-refractivity contribution in [1.82, 2.24) is 9.97 Å². The number of carbonyl (C=O) groups excluding carboxylic acids is 1. The number of carbonyl (C=O) groups is 1. The van der Waals surface area contributed by atoms with E-state index in [1.807, 2.05) is 23.1 Å². The molecule has 4 rings (SSSR count). The Hall–Kier alpha value is -2.43. The standard InChI is InChI=1S/C17H18N4O/c22-16(21-12-8-13-5-1-2-6-15(13)21)14-7-9-18-17(19-14)20-10-3-4-11-20/h1-2,5-7,9H,3-4,8,10-12H2. The molecule has 0 unspecified atom stereocenters. The van der Waals surface area contributed by atoms with Gasteiger partial charge in [0.25, 0.3) is 5.91 Å². The molecule has 2 aliphatic heterocycles. The lowest BCUT2D eigenvalue weighted by molar-refractivity contribution is 0.0984. The average molecular weight is 294 g/mol. The summed E-state index contributed by atoms with van der Waals surface area (Å²) in [6, 6.07) is 9.78. The first kappa shape index (κ1) is 13.2. The van der Waals surface area contributed by atoms with Gasteiger partial charge in [0.15, 0.2) is 0 Å². The number of para-hydroxylation sites is 1. The number of hydrogen-bond acceptors (Lipinski definition) is 4. The first-order valence-electron chi connectivity index (χ1n) is 7.81. The molecule has 1 amide bonds. The predicted molar refractivity (Wildman–Crippen MR) is 85.3 cm³/mol. The predicted octanol–water partition coefficient (Wildman–Crippen LogP) is 2.28. The van der Waals surface area contributed by atoms with Crippen LogP contribution in [0.2, 0.25) is 0 Å². The summed E-state index contributed by atoms with van der Waals surface area (Å²) in [5.41, 5.74) is 2.71. The lowest BCUT2D eigenvalue weighted by Gasteiger charge is -2.19. The monoisotopic (exact) mass is 294 g/mol. The fourth-order valence-corrected chi connectivity index (χ4v) is 3.22. The zero-order valence-corrected chi connectivity index (χ0v) is 12.4. The highest BCUT2D eigenvalue weighted by molar-refractivity contribution is 6.06. The SMILES string of the molecule is O=C(c1ccnc(N2CCCC2)n1)N1CCc2ccccc21. The molecule has 2 aromatic rings. The van der Waals surface area contributed by atoms with Gasteiger partial charge in [0, 0.05) is 31.5 Å². The smallest absolute Gasteiger partial charge is 0.277 e. The summed E-state index contributed by atoms with van der Waals surface area (Å²) in [5, 5.41) is 0. The molecule has 0 N–H and O–H groups in total. The molecule has 2 aliphatic rings. The number of nitrogens with zero attached hydrogens (tertiary/aromatic N) is 4. The Morgan fingerprint density at radius 2 is 1.86 bits per heavy atom. The van der Waals surface area contributed by atoms with Crippen molar-refractivity contribution in [2.24, 2.45) is 0 Å². The van der Waals surface area contributed by atoms with E-state index in [4.69, 9.17) is 0 Å². The molecule has 1 fully saturated rings. The van der Waals surface area contributed by atoms with Gasteiger partial charge >= 0.3 is 0 Å². The fraction of sp³-hybridized carbons (Fsp3) is 0.353. The zero-order valence-electron chi connectivity index (χ0n) is 12.4. The minimum atomic E-state index is -0.0344. The zero-order chi connectivity index (χ0) is 14.9. The normalized spacial score (nSPS) is 16.9. The molecule has 0 aliphatic carbocycles. The van der Waals surface area contributed by atoms with Crippen LogP contribution in [-0.4, -0.2) is 35.5 Å². The highest BCUT2D eigenvalue weighted by atomic mass is 16.2. The van der Waals surface area contributed by atoms with Crippen molar-refractivity contribution in [1.29, 1.82) is 0 Å². The number of amides is 1. The van der Waals surface area contributed by atoms with E-state index in [1.54, 1.807) is 12.3 Å². The van der Waals surface area contributed by atoms with Crippen molar-refractivity contribution >= 4 is 17.5 Å². The van der Waals surface area contributed by atoms with Crippen molar-refractivity contribution in [3.05, 3.63) is 47.8 Å². The summed E-state index contributed by atoms with van der Waals surface area (Å²) in [5.74, 6) is 0.642. The Morgan fingerprint density at radius 3 is 2.73 bits per heavy atom. The Labute approximate surface area is 129 Å². The number of hydrogen-bond donors (Lipinski definition) is 0. The number of aromatic nitrogens is 2. The van der Waals surface area contributed by atoms with Crippen molar-refractivity contribution in [2.45, 2.75) is 19.3 Å². The van der Waals surface area contributed by atoms with E-state index in [9.17, 15) is 4.79 Å². The number of fused-ring (bicyclic) bond motifs is 1. The molecular formula is C17H18N4O. The first-order valence-corrected chi connectivity index (χ1v) is 7.81. The minimum Gasteiger partial charge on any atom is -0.341 e. The molecule has 112 valence electrons. The molecule has 22 heavy (non-hydrogen) atoms. The van der Waals surface area contributed by atoms with Crippen LogP contribution in [-0.2, 0) is 6.42 Å². The third-order valence-electron chi connectivity index (χ3n) is 4.38. The van der Waals surface area contributed by atoms with Crippen molar-refractivity contribution in [3.8, 4) is 0 Å². The second-order valence-electron chi connectivity index (χ2n) is 5.77. The van der Waals surface area contributed by atoms with E-state index in [-0.39, 0.29) is 5.91 Å². The first-order chi connectivity index (χ1) is 10.8. The van der Waals surface area contributed by atoms with Gasteiger partial charge in [0.1, 0.15) is 5.69 Å². The number of anilines is 2. The average Bonchev–Trinajstić information content (AvgIpc) is 3.24. The topological polar surface area (TPSA) is 49.3 Å². The molecule has 0 atom stereocenters. The summed E-state index contributed by atoms with van der Waals surface area (Å²) >= 11 is 0. The Balaban J connectivity index is 1.62. The van der Waals surface area contributed by atoms with Crippen LogP contribution in [0.1, 0.15) is 28.9 Å². The van der Waals surface area contributed by atoms with Gasteiger partial charge in [-0.1, -0.05) is 18.2 Å². The van der Waals surface area contributed by atoms with Gasteiger partial charge in [-0.2, -0.15) is 0 Å². The molecule has 5 nitrogen and oxygen atoms in total. The maximum Gasteiger partial charge on any atom is 0.277 e. The maximum atomic E-state index is 12.8. The largest absolute Gasteiger partial charge is 0.341 e. The molecule has 0 saturated carbocycles. The molecule has 0 spiro atoms. The van der Waals surface area contributed by atoms with Gasteiger partial charge in [-0.3, -0.25) is 4.79 Å². The molecule has 1 aromatic carbocycles. The summed E-state index contributed by atoms with van der Waals surface area (Å²) in [4.78, 5) is 25.6. The van der Waals surface area contributed by atoms with Gasteiger partial charge in [-0.05, 0) is 37.0 Å². The van der Waals surface area contributed by atoms with Crippen LogP contribution in [0.15, 0.2) is 36.5 Å². The lowest BCUT2D eigenvalue weighted by atomic mass is 10.2. The van der Waals surface area contributed by atoms with Crippen molar-refractivity contribution in [2.75, 3.05) is 29.4 Å². The molecule has 3 heterocycles. The molecule has 0 bridgehead atoms. The molecule has 5 heteroatoms. The Morgan fingerprint density at radius 1 is 1.05 bits per heavy atom. The molecule has 1 aromatic heterocycles. The number of benzene rings is 1. The Bertz CT molecular complexity index is 709. The fourth-order valence-electron chi connectivity index (χ4n) is 3.22. The summed E-state index contributed by atoms with van der Waals surface area (Å²) in [6.45, 7) is 2.68. The minimum absolute atomic E-state index is 0.0344. The van der Waals surface area contributed by atoms with Crippen molar-refractivity contribution in [3.63, 3.8) is 0 Å². The van der Waals surface area contributed by atoms with Crippen LogP contribution in [0.4, 0.5) is 11.6 Å². The van der Waals surface area contributed by atoms with Gasteiger partial charge in [0.2, 0.25) is 5.95 Å². The van der Waals surface area contributed by atoms with Crippen LogP contribution >= 0.6 is 0 Å². The van der Waals surface area contributed by atoms with Gasteiger partial charge in [-0.25, -0.2) is 9.97 Å². The third-order valence-corrected chi connectivity index (χ3v) is 4.38. The second-order valence-corrected chi connectivity index (χ2v) is 5.77. The van der Waals surface area contributed by atoms with Crippen LogP contribution < -0.4 is 9.80 Å². The van der Waals surface area contributed by atoms with Crippen LogP contribution in [0.5, 0.6) is 0 Å². The number of rotatable bonds is 2. The molecule has 1 saturated heterocycles. The second kappa shape index (κ2) is 5.40. The summed E-state index contributed by atoms with van der Waals surface area (Å²) < 4.78 is 0. The molecular weight excluding hydrogens is 276 g/mol. The van der Waals surface area contributed by atoms with Crippen molar-refractivity contribution < 1.29 is 4.79 Å². The van der Waals surface area contributed by atoms with Crippen LogP contribution in [0, 0.1) is 0 Å². The quantitative estimate of drug-likeness (QED) is 0.852. The van der Waals surface area contributed by atoms with Gasteiger partial charge in [-0.15, -0.1) is 0 Å². The van der Waals surface area contributed by atoms with Gasteiger partial charge < -0.3 is 9.80 Å². The van der Waals surface area contributed by atoms with Crippen LogP contribution in [0.25, 0.3) is 0 Å². The lowest BCUT2D eigenvalue weighted by Crippen LogP contribution is -2.30. The Kier molecular flexibility index (Phi) is 3.25. The van der Waals surface area contributed by atoms with E-state index >= 15 is 0 Å². The highest BCUT2D eigenvalue weighted by Gasteiger charge is 2.26. The van der Waals surface area contributed by atoms with Crippen LogP contribution in [0.3, 0.4) is 0 Å². The maximum absolute atomic E-state index is 12.8. The summed E-state index contributed by atoms with van der Waals surface area (Å²) in [6.07, 6.45) is 4.93. The van der Waals surface area contributed by atoms with E-state index < -0.39 is 0 Å². The van der Waals surface area contributed by atoms with E-state index in [2.05, 4.69) is 20.9 Å². The van der Waals surface area contributed by atoms with Gasteiger partial charge in [0.05, 0.1) is 0 Å². The van der Waals surface area contributed by atoms with E-state index in [0.717, 1.165) is 31.7 Å². The summed E-state index contributed by atoms with van der Waals surface area (Å²) in [7, 11) is 0.